The molecular formula is C15H17NO3. The Morgan fingerprint density at radius 3 is 2.58 bits per heavy atom. The Kier molecular flexibility index (Phi) is 4.02. The Balaban J connectivity index is 2.04. The summed E-state index contributed by atoms with van der Waals surface area (Å²) in [5.41, 5.74) is 0. The van der Waals surface area contributed by atoms with Crippen LogP contribution in [0.25, 0.3) is 10.8 Å². The first kappa shape index (κ1) is 13.4. The van der Waals surface area contributed by atoms with Gasteiger partial charge in [0.05, 0.1) is 6.04 Å². The fraction of sp³-hybridized carbons (Fsp3) is 0.267. The van der Waals surface area contributed by atoms with Crippen LogP contribution >= 0.6 is 0 Å². The zero-order chi connectivity index (χ0) is 13.8. The van der Waals surface area contributed by atoms with Gasteiger partial charge in [0, 0.05) is 0 Å². The van der Waals surface area contributed by atoms with E-state index in [9.17, 15) is 10.0 Å². The van der Waals surface area contributed by atoms with Crippen molar-refractivity contribution in [1.82, 2.24) is 5.06 Å². The van der Waals surface area contributed by atoms with Gasteiger partial charge in [-0.1, -0.05) is 30.3 Å². The maximum Gasteiger partial charge on any atom is 0.284 e. The highest BCUT2D eigenvalue weighted by Gasteiger charge is 2.14. The van der Waals surface area contributed by atoms with Crippen molar-refractivity contribution >= 4 is 16.7 Å². The molecule has 0 heterocycles. The second-order valence-corrected chi connectivity index (χ2v) is 4.63. The molecule has 0 radical (unpaired) electrons. The third-order valence-electron chi connectivity index (χ3n) is 2.83. The average molecular weight is 259 g/mol. The highest BCUT2D eigenvalue weighted by atomic mass is 16.5. The van der Waals surface area contributed by atoms with Crippen LogP contribution in [0.15, 0.2) is 42.5 Å². The summed E-state index contributed by atoms with van der Waals surface area (Å²) in [6, 6.07) is 13.3. The van der Waals surface area contributed by atoms with Gasteiger partial charge in [-0.25, -0.2) is 5.06 Å². The van der Waals surface area contributed by atoms with Gasteiger partial charge in [-0.05, 0) is 36.8 Å². The van der Waals surface area contributed by atoms with Crippen molar-refractivity contribution in [3.05, 3.63) is 42.5 Å². The number of hydrogen-bond donors (Lipinski definition) is 1. The highest BCUT2D eigenvalue weighted by molar-refractivity contribution is 5.84. The molecule has 0 bridgehead atoms. The molecule has 4 heteroatoms. The molecular weight excluding hydrogens is 242 g/mol. The largest absolute Gasteiger partial charge is 0.484 e. The van der Waals surface area contributed by atoms with Crippen LogP contribution in [0, 0.1) is 0 Å². The molecule has 2 aromatic rings. The molecule has 0 saturated carbocycles. The lowest BCUT2D eigenvalue weighted by atomic mass is 10.1. The van der Waals surface area contributed by atoms with E-state index in [0.29, 0.717) is 10.8 Å². The maximum absolute atomic E-state index is 11.6. The summed E-state index contributed by atoms with van der Waals surface area (Å²) in [5.74, 6) is 0.160. The van der Waals surface area contributed by atoms with E-state index in [1.165, 1.54) is 0 Å². The Bertz CT molecular complexity index is 580. The Morgan fingerprint density at radius 2 is 1.89 bits per heavy atom. The molecule has 0 fully saturated rings. The standard InChI is InChI=1S/C15H17NO3/c1-11(2)16(18)15(17)10-19-14-8-7-12-5-3-4-6-13(12)9-14/h3-9,11,18H,10H2,1-2H3. The lowest BCUT2D eigenvalue weighted by Gasteiger charge is -2.18. The molecule has 2 rings (SSSR count). The Hall–Kier alpha value is -2.07. The average Bonchev–Trinajstić information content (AvgIpc) is 2.43. The molecule has 0 aliphatic rings. The minimum absolute atomic E-state index is 0.174. The first-order chi connectivity index (χ1) is 9.08. The number of nitrogens with zero attached hydrogens (tertiary/aromatic N) is 1. The van der Waals surface area contributed by atoms with Crippen molar-refractivity contribution in [2.24, 2.45) is 0 Å². The van der Waals surface area contributed by atoms with Crippen LogP contribution in [0.1, 0.15) is 13.8 Å². The number of carbonyl (C=O) groups is 1. The van der Waals surface area contributed by atoms with Crippen LogP contribution < -0.4 is 4.74 Å². The number of hydroxylamine groups is 2. The molecule has 0 aliphatic heterocycles. The van der Waals surface area contributed by atoms with E-state index >= 15 is 0 Å². The van der Waals surface area contributed by atoms with Gasteiger partial charge >= 0.3 is 0 Å². The molecule has 0 atom stereocenters. The summed E-state index contributed by atoms with van der Waals surface area (Å²) >= 11 is 0. The van der Waals surface area contributed by atoms with Crippen LogP contribution in [0.3, 0.4) is 0 Å². The number of benzene rings is 2. The van der Waals surface area contributed by atoms with E-state index in [1.54, 1.807) is 13.8 Å². The summed E-state index contributed by atoms with van der Waals surface area (Å²) in [4.78, 5) is 11.6. The van der Waals surface area contributed by atoms with Crippen LogP contribution in [0.2, 0.25) is 0 Å². The number of ether oxygens (including phenoxy) is 1. The normalized spacial score (nSPS) is 10.7. The van der Waals surface area contributed by atoms with Crippen molar-refractivity contribution < 1.29 is 14.7 Å². The van der Waals surface area contributed by atoms with E-state index in [1.807, 2.05) is 42.5 Å². The highest BCUT2D eigenvalue weighted by Crippen LogP contribution is 2.20. The van der Waals surface area contributed by atoms with Crippen molar-refractivity contribution in [2.45, 2.75) is 19.9 Å². The molecule has 1 amide bonds. The molecule has 2 aromatic carbocycles. The summed E-state index contributed by atoms with van der Waals surface area (Å²) in [6.07, 6.45) is 0. The smallest absolute Gasteiger partial charge is 0.284 e. The minimum Gasteiger partial charge on any atom is -0.484 e. The van der Waals surface area contributed by atoms with Gasteiger partial charge in [-0.3, -0.25) is 10.0 Å². The molecule has 4 nitrogen and oxygen atoms in total. The van der Waals surface area contributed by atoms with Crippen LogP contribution in [0.4, 0.5) is 0 Å². The first-order valence-electron chi connectivity index (χ1n) is 6.20. The van der Waals surface area contributed by atoms with E-state index in [2.05, 4.69) is 0 Å². The maximum atomic E-state index is 11.6. The fourth-order valence-electron chi connectivity index (χ4n) is 1.76. The second-order valence-electron chi connectivity index (χ2n) is 4.63. The third kappa shape index (κ3) is 3.23. The number of rotatable bonds is 4. The summed E-state index contributed by atoms with van der Waals surface area (Å²) in [6.45, 7) is 3.29. The molecule has 0 unspecified atom stereocenters. The first-order valence-corrected chi connectivity index (χ1v) is 6.20. The van der Waals surface area contributed by atoms with E-state index in [0.717, 1.165) is 10.8 Å². The van der Waals surface area contributed by atoms with Crippen molar-refractivity contribution in [3.63, 3.8) is 0 Å². The van der Waals surface area contributed by atoms with E-state index < -0.39 is 5.91 Å². The topological polar surface area (TPSA) is 49.8 Å². The lowest BCUT2D eigenvalue weighted by molar-refractivity contribution is -0.174. The van der Waals surface area contributed by atoms with Crippen LogP contribution in [-0.4, -0.2) is 28.8 Å². The van der Waals surface area contributed by atoms with Gasteiger partial charge in [-0.2, -0.15) is 0 Å². The zero-order valence-corrected chi connectivity index (χ0v) is 11.0. The number of amides is 1. The minimum atomic E-state index is -0.455. The molecule has 0 spiro atoms. The van der Waals surface area contributed by atoms with E-state index in [-0.39, 0.29) is 12.6 Å². The third-order valence-corrected chi connectivity index (χ3v) is 2.83. The Labute approximate surface area is 112 Å². The van der Waals surface area contributed by atoms with Gasteiger partial charge in [0.15, 0.2) is 6.61 Å². The SMILES string of the molecule is CC(C)N(O)C(=O)COc1ccc2ccccc2c1. The molecule has 0 aliphatic carbocycles. The molecule has 0 aromatic heterocycles. The van der Waals surface area contributed by atoms with Crippen LogP contribution in [0.5, 0.6) is 5.75 Å². The number of hydrogen-bond acceptors (Lipinski definition) is 3. The molecule has 19 heavy (non-hydrogen) atoms. The quantitative estimate of drug-likeness (QED) is 0.678. The Morgan fingerprint density at radius 1 is 1.21 bits per heavy atom. The second kappa shape index (κ2) is 5.71. The predicted octanol–water partition coefficient (Wildman–Crippen LogP) is 2.84. The summed E-state index contributed by atoms with van der Waals surface area (Å²) < 4.78 is 5.40. The lowest BCUT2D eigenvalue weighted by Crippen LogP contribution is -2.37. The van der Waals surface area contributed by atoms with Gasteiger partial charge in [0.25, 0.3) is 5.91 Å². The van der Waals surface area contributed by atoms with Gasteiger partial charge in [0.2, 0.25) is 0 Å². The van der Waals surface area contributed by atoms with Crippen LogP contribution in [-0.2, 0) is 4.79 Å². The zero-order valence-electron chi connectivity index (χ0n) is 11.0. The van der Waals surface area contributed by atoms with Gasteiger partial charge in [-0.15, -0.1) is 0 Å². The monoisotopic (exact) mass is 259 g/mol. The molecule has 1 N–H and O–H groups in total. The number of fused-ring (bicyclic) bond motifs is 1. The van der Waals surface area contributed by atoms with E-state index in [4.69, 9.17) is 4.74 Å². The van der Waals surface area contributed by atoms with Gasteiger partial charge < -0.3 is 4.74 Å². The summed E-state index contributed by atoms with van der Waals surface area (Å²) in [5, 5.41) is 12.3. The summed E-state index contributed by atoms with van der Waals surface area (Å²) in [7, 11) is 0. The van der Waals surface area contributed by atoms with Gasteiger partial charge in [0.1, 0.15) is 5.75 Å². The predicted molar refractivity (Wildman–Crippen MR) is 73.2 cm³/mol. The number of carbonyl (C=O) groups excluding carboxylic acids is 1. The molecule has 0 saturated heterocycles. The fourth-order valence-corrected chi connectivity index (χ4v) is 1.76. The van der Waals surface area contributed by atoms with Crippen molar-refractivity contribution in [2.75, 3.05) is 6.61 Å². The van der Waals surface area contributed by atoms with Crippen molar-refractivity contribution in [3.8, 4) is 5.75 Å². The van der Waals surface area contributed by atoms with Crippen molar-refractivity contribution in [1.29, 1.82) is 0 Å². The molecule has 100 valence electrons.